The van der Waals surface area contributed by atoms with Gasteiger partial charge in [-0.3, -0.25) is 14.3 Å². The molecule has 6 rings (SSSR count). The maximum Gasteiger partial charge on any atom is 0.270 e. The van der Waals surface area contributed by atoms with Crippen LogP contribution in [0.25, 0.3) is 5.65 Å². The monoisotopic (exact) mass is 597 g/mol. The number of aromatic nitrogens is 5. The van der Waals surface area contributed by atoms with Crippen LogP contribution in [-0.2, 0) is 22.5 Å². The number of rotatable bonds is 8. The number of ether oxygens (including phenoxy) is 1. The first-order valence-electron chi connectivity index (χ1n) is 15.7. The lowest BCUT2D eigenvalue weighted by Gasteiger charge is -2.33. The van der Waals surface area contributed by atoms with Crippen LogP contribution in [0.2, 0.25) is 0 Å². The third-order valence-electron chi connectivity index (χ3n) is 9.45. The first-order chi connectivity index (χ1) is 20.7. The van der Waals surface area contributed by atoms with Crippen LogP contribution >= 0.6 is 0 Å². The summed E-state index contributed by atoms with van der Waals surface area (Å²) in [6, 6.07) is 3.15. The topological polar surface area (TPSA) is 115 Å². The van der Waals surface area contributed by atoms with Gasteiger partial charge in [-0.25, -0.2) is 18.3 Å². The lowest BCUT2D eigenvalue weighted by Crippen LogP contribution is -2.41. The average molecular weight is 598 g/mol. The van der Waals surface area contributed by atoms with E-state index in [1.165, 1.54) is 0 Å². The van der Waals surface area contributed by atoms with E-state index in [9.17, 15) is 18.4 Å². The third kappa shape index (κ3) is 6.44. The molecule has 3 fully saturated rings. The summed E-state index contributed by atoms with van der Waals surface area (Å²) >= 11 is 0. The van der Waals surface area contributed by atoms with E-state index in [2.05, 4.69) is 28.7 Å². The maximum absolute atomic E-state index is 14.1. The SMILES string of the molecule is CCn1nccc1C(=O)N[C@H](c1cn2nc(CC3C[C@@H](C)CNC3=O)c(C3CCOCC3)cc2n1)C1CCC(F)(F)CC1. The molecule has 3 aromatic heterocycles. The van der Waals surface area contributed by atoms with Gasteiger partial charge in [0.2, 0.25) is 11.8 Å². The molecule has 2 N–H and O–H groups in total. The second-order valence-corrected chi connectivity index (χ2v) is 12.6. The second kappa shape index (κ2) is 12.3. The van der Waals surface area contributed by atoms with Crippen LogP contribution in [0, 0.1) is 17.8 Å². The molecule has 0 radical (unpaired) electrons. The van der Waals surface area contributed by atoms with Gasteiger partial charge < -0.3 is 15.4 Å². The Morgan fingerprint density at radius 1 is 1.23 bits per heavy atom. The van der Waals surface area contributed by atoms with Crippen molar-refractivity contribution in [2.24, 2.45) is 17.8 Å². The van der Waals surface area contributed by atoms with E-state index in [-0.39, 0.29) is 55.3 Å². The molecule has 0 aromatic carbocycles. The molecule has 10 nitrogen and oxygen atoms in total. The van der Waals surface area contributed by atoms with Crippen molar-refractivity contribution in [2.75, 3.05) is 19.8 Å². The molecule has 3 aliphatic rings. The summed E-state index contributed by atoms with van der Waals surface area (Å²) in [5.74, 6) is -2.66. The quantitative estimate of drug-likeness (QED) is 0.397. The van der Waals surface area contributed by atoms with Gasteiger partial charge in [-0.2, -0.15) is 10.2 Å². The first kappa shape index (κ1) is 29.7. The van der Waals surface area contributed by atoms with Crippen molar-refractivity contribution in [3.63, 3.8) is 0 Å². The molecular weight excluding hydrogens is 556 g/mol. The number of imidazole rings is 1. The fourth-order valence-corrected chi connectivity index (χ4v) is 6.99. The fraction of sp³-hybridized carbons (Fsp3) is 0.645. The number of carbonyl (C=O) groups is 2. The Bertz CT molecular complexity index is 1450. The summed E-state index contributed by atoms with van der Waals surface area (Å²) < 4.78 is 37.2. The number of nitrogens with one attached hydrogen (secondary N) is 2. The second-order valence-electron chi connectivity index (χ2n) is 12.6. The van der Waals surface area contributed by atoms with Gasteiger partial charge in [-0.05, 0) is 74.5 Å². The Kier molecular flexibility index (Phi) is 8.48. The summed E-state index contributed by atoms with van der Waals surface area (Å²) in [7, 11) is 0. The highest BCUT2D eigenvalue weighted by Gasteiger charge is 2.40. The molecule has 3 aromatic rings. The Balaban J connectivity index is 1.36. The molecule has 232 valence electrons. The average Bonchev–Trinajstić information content (AvgIpc) is 3.65. The van der Waals surface area contributed by atoms with E-state index in [0.29, 0.717) is 55.7 Å². The minimum Gasteiger partial charge on any atom is -0.381 e. The Labute approximate surface area is 250 Å². The smallest absolute Gasteiger partial charge is 0.270 e. The summed E-state index contributed by atoms with van der Waals surface area (Å²) in [6.07, 6.45) is 6.58. The number of alkyl halides is 2. The van der Waals surface area contributed by atoms with Crippen molar-refractivity contribution in [1.82, 2.24) is 35.0 Å². The Morgan fingerprint density at radius 3 is 2.74 bits per heavy atom. The zero-order valence-electron chi connectivity index (χ0n) is 24.9. The first-order valence-corrected chi connectivity index (χ1v) is 15.7. The number of aryl methyl sites for hydroxylation is 1. The van der Waals surface area contributed by atoms with Gasteiger partial charge in [0.05, 0.1) is 23.6 Å². The normalized spacial score (nSPS) is 24.1. The molecule has 2 amide bonds. The molecule has 0 bridgehead atoms. The van der Waals surface area contributed by atoms with Gasteiger partial charge in [0.25, 0.3) is 5.91 Å². The van der Waals surface area contributed by atoms with Crippen molar-refractivity contribution in [2.45, 2.75) is 89.6 Å². The predicted octanol–water partition coefficient (Wildman–Crippen LogP) is 4.45. The molecular formula is C31H41F2N7O3. The van der Waals surface area contributed by atoms with E-state index < -0.39 is 12.0 Å². The van der Waals surface area contributed by atoms with E-state index in [1.54, 1.807) is 21.5 Å². The Morgan fingerprint density at radius 2 is 2.00 bits per heavy atom. The van der Waals surface area contributed by atoms with Gasteiger partial charge in [0, 0.05) is 57.7 Å². The van der Waals surface area contributed by atoms with Gasteiger partial charge >= 0.3 is 0 Å². The van der Waals surface area contributed by atoms with Gasteiger partial charge in [-0.1, -0.05) is 6.92 Å². The zero-order chi connectivity index (χ0) is 30.1. The van der Waals surface area contributed by atoms with Gasteiger partial charge in [0.15, 0.2) is 5.65 Å². The molecule has 2 aliphatic heterocycles. The number of nitrogens with zero attached hydrogens (tertiary/aromatic N) is 5. The highest BCUT2D eigenvalue weighted by atomic mass is 19.3. The molecule has 0 spiro atoms. The van der Waals surface area contributed by atoms with Gasteiger partial charge in [0.1, 0.15) is 5.69 Å². The van der Waals surface area contributed by atoms with Crippen LogP contribution in [0.4, 0.5) is 8.78 Å². The summed E-state index contributed by atoms with van der Waals surface area (Å²) in [4.78, 5) is 31.1. The van der Waals surface area contributed by atoms with Crippen LogP contribution in [0.15, 0.2) is 24.5 Å². The standard InChI is InChI=1S/C31H41F2N7O3/c1-3-39-26(6-11-35-39)30(42)37-28(21-4-9-31(32,33)10-5-21)25-18-40-27(36-25)16-23(20-7-12-43-13-8-20)24(38-40)15-22-14-19(2)17-34-29(22)41/h6,11,16,18-22,28H,3-5,7-10,12-15,17H2,1-2H3,(H,34,41)(H,37,42)/t19-,22?,28+/m1/s1. The van der Waals surface area contributed by atoms with E-state index in [1.807, 2.05) is 13.1 Å². The van der Waals surface area contributed by atoms with Crippen LogP contribution in [-0.4, -0.2) is 61.9 Å². The molecule has 1 saturated carbocycles. The minimum absolute atomic E-state index is 0.0624. The van der Waals surface area contributed by atoms with Gasteiger partial charge in [-0.15, -0.1) is 0 Å². The van der Waals surface area contributed by atoms with Crippen molar-refractivity contribution in [3.05, 3.63) is 47.2 Å². The number of halogens is 2. The highest BCUT2D eigenvalue weighted by molar-refractivity contribution is 5.92. The number of carbonyl (C=O) groups excluding carboxylic acids is 2. The van der Waals surface area contributed by atoms with Crippen LogP contribution in [0.5, 0.6) is 0 Å². The largest absolute Gasteiger partial charge is 0.381 e. The lowest BCUT2D eigenvalue weighted by atomic mass is 9.81. The molecule has 1 aliphatic carbocycles. The molecule has 5 heterocycles. The summed E-state index contributed by atoms with van der Waals surface area (Å²) in [5.41, 5.74) is 3.61. The third-order valence-corrected chi connectivity index (χ3v) is 9.45. The van der Waals surface area contributed by atoms with Crippen molar-refractivity contribution < 1.29 is 23.1 Å². The maximum atomic E-state index is 14.1. The van der Waals surface area contributed by atoms with Crippen LogP contribution < -0.4 is 10.6 Å². The number of fused-ring (bicyclic) bond motifs is 1. The zero-order valence-corrected chi connectivity index (χ0v) is 24.9. The van der Waals surface area contributed by atoms with Crippen molar-refractivity contribution in [1.29, 1.82) is 0 Å². The van der Waals surface area contributed by atoms with Crippen molar-refractivity contribution >= 4 is 17.5 Å². The molecule has 1 unspecified atom stereocenters. The summed E-state index contributed by atoms with van der Waals surface area (Å²) in [6.45, 7) is 6.62. The van der Waals surface area contributed by atoms with Crippen LogP contribution in [0.1, 0.15) is 98.2 Å². The highest BCUT2D eigenvalue weighted by Crippen LogP contribution is 2.41. The number of hydrogen-bond acceptors (Lipinski definition) is 6. The number of amides is 2. The number of hydrogen-bond donors (Lipinski definition) is 2. The van der Waals surface area contributed by atoms with E-state index in [4.69, 9.17) is 14.8 Å². The lowest BCUT2D eigenvalue weighted by molar-refractivity contribution is -0.127. The number of piperidine rings is 1. The molecule has 12 heteroatoms. The van der Waals surface area contributed by atoms with E-state index in [0.717, 1.165) is 30.5 Å². The fourth-order valence-electron chi connectivity index (χ4n) is 6.99. The predicted molar refractivity (Wildman–Crippen MR) is 155 cm³/mol. The molecule has 3 atom stereocenters. The van der Waals surface area contributed by atoms with Crippen LogP contribution in [0.3, 0.4) is 0 Å². The molecule has 2 saturated heterocycles. The Hall–Kier alpha value is -3.41. The van der Waals surface area contributed by atoms with E-state index >= 15 is 0 Å². The summed E-state index contributed by atoms with van der Waals surface area (Å²) in [5, 5.41) is 15.4. The minimum atomic E-state index is -2.69. The molecule has 43 heavy (non-hydrogen) atoms. The van der Waals surface area contributed by atoms with Crippen molar-refractivity contribution in [3.8, 4) is 0 Å².